The SMILES string of the molecule is COCCOCC(C)(COCCOC)Nc1nnc(-c2cccc(Cl)c2Cl)c(N)n1. The standard InChI is InChI=1S/C19H27Cl2N5O4/c1-19(11-29-9-7-27-2,12-30-10-8-28-3)24-18-23-17(22)16(25-26-18)13-5-4-6-14(20)15(13)21/h4-6H,7-12H2,1-3H3,(H3,22,23,24,26). The lowest BCUT2D eigenvalue weighted by Crippen LogP contribution is -2.45. The molecule has 1 heterocycles. The highest BCUT2D eigenvalue weighted by Crippen LogP contribution is 2.34. The maximum absolute atomic E-state index is 6.26. The molecule has 9 nitrogen and oxygen atoms in total. The number of anilines is 2. The van der Waals surface area contributed by atoms with Crippen molar-refractivity contribution in [1.82, 2.24) is 15.2 Å². The molecule has 0 saturated heterocycles. The van der Waals surface area contributed by atoms with E-state index in [1.54, 1.807) is 32.4 Å². The minimum atomic E-state index is -0.634. The van der Waals surface area contributed by atoms with Gasteiger partial charge in [-0.25, -0.2) is 0 Å². The molecule has 0 bridgehead atoms. The zero-order chi connectivity index (χ0) is 22.0. The number of nitrogens with zero attached hydrogens (tertiary/aromatic N) is 3. The smallest absolute Gasteiger partial charge is 0.245 e. The normalized spacial score (nSPS) is 11.6. The van der Waals surface area contributed by atoms with Crippen LogP contribution in [0.5, 0.6) is 0 Å². The fraction of sp³-hybridized carbons (Fsp3) is 0.526. The van der Waals surface area contributed by atoms with Gasteiger partial charge in [-0.15, -0.1) is 10.2 Å². The second-order valence-corrected chi connectivity index (χ2v) is 7.53. The monoisotopic (exact) mass is 459 g/mol. The summed E-state index contributed by atoms with van der Waals surface area (Å²) in [5.74, 6) is 0.405. The third kappa shape index (κ3) is 7.19. The number of hydrogen-bond donors (Lipinski definition) is 2. The zero-order valence-corrected chi connectivity index (χ0v) is 18.8. The van der Waals surface area contributed by atoms with Crippen LogP contribution in [0.4, 0.5) is 11.8 Å². The summed E-state index contributed by atoms with van der Waals surface area (Å²) in [7, 11) is 3.23. The van der Waals surface area contributed by atoms with Crippen molar-refractivity contribution in [2.75, 3.05) is 64.9 Å². The van der Waals surface area contributed by atoms with E-state index in [1.165, 1.54) is 0 Å². The summed E-state index contributed by atoms with van der Waals surface area (Å²) < 4.78 is 21.4. The molecule has 0 unspecified atom stereocenters. The fourth-order valence-electron chi connectivity index (χ4n) is 2.53. The van der Waals surface area contributed by atoms with Crippen molar-refractivity contribution in [3.8, 4) is 11.3 Å². The number of hydrogen-bond acceptors (Lipinski definition) is 9. The summed E-state index contributed by atoms with van der Waals surface area (Å²) in [6.45, 7) is 4.44. The Hall–Kier alpha value is -1.75. The lowest BCUT2D eigenvalue weighted by molar-refractivity contribution is 0.00683. The van der Waals surface area contributed by atoms with E-state index < -0.39 is 5.54 Å². The van der Waals surface area contributed by atoms with Gasteiger partial charge in [0.15, 0.2) is 5.82 Å². The molecule has 1 aromatic heterocycles. The molecule has 11 heteroatoms. The Balaban J connectivity index is 2.15. The van der Waals surface area contributed by atoms with E-state index in [4.69, 9.17) is 47.9 Å². The van der Waals surface area contributed by atoms with Crippen LogP contribution in [0.1, 0.15) is 6.92 Å². The molecule has 0 radical (unpaired) electrons. The average Bonchev–Trinajstić information content (AvgIpc) is 2.71. The van der Waals surface area contributed by atoms with Gasteiger partial charge in [-0.2, -0.15) is 4.98 Å². The van der Waals surface area contributed by atoms with Crippen molar-refractivity contribution in [2.24, 2.45) is 0 Å². The van der Waals surface area contributed by atoms with Gasteiger partial charge in [-0.1, -0.05) is 35.3 Å². The zero-order valence-electron chi connectivity index (χ0n) is 17.3. The van der Waals surface area contributed by atoms with Gasteiger partial charge in [-0.3, -0.25) is 0 Å². The second kappa shape index (κ2) is 12.2. The molecular formula is C19H27Cl2N5O4. The van der Waals surface area contributed by atoms with Gasteiger partial charge < -0.3 is 30.0 Å². The van der Waals surface area contributed by atoms with E-state index in [2.05, 4.69) is 20.5 Å². The Morgan fingerprint density at radius 2 is 1.63 bits per heavy atom. The second-order valence-electron chi connectivity index (χ2n) is 6.75. The number of benzene rings is 1. The minimum absolute atomic E-state index is 0.166. The van der Waals surface area contributed by atoms with E-state index in [-0.39, 0.29) is 11.8 Å². The lowest BCUT2D eigenvalue weighted by Gasteiger charge is -2.30. The molecule has 30 heavy (non-hydrogen) atoms. The number of methoxy groups -OCH3 is 2. The molecule has 166 valence electrons. The highest BCUT2D eigenvalue weighted by atomic mass is 35.5. The summed E-state index contributed by atoms with van der Waals surface area (Å²) in [6.07, 6.45) is 0. The van der Waals surface area contributed by atoms with Crippen molar-refractivity contribution in [3.63, 3.8) is 0 Å². The van der Waals surface area contributed by atoms with Crippen LogP contribution >= 0.6 is 23.2 Å². The number of ether oxygens (including phenoxy) is 4. The molecule has 0 spiro atoms. The van der Waals surface area contributed by atoms with Gasteiger partial charge >= 0.3 is 0 Å². The van der Waals surface area contributed by atoms with Crippen LogP contribution in [0.2, 0.25) is 10.0 Å². The van der Waals surface area contributed by atoms with E-state index >= 15 is 0 Å². The van der Waals surface area contributed by atoms with Crippen molar-refractivity contribution in [3.05, 3.63) is 28.2 Å². The van der Waals surface area contributed by atoms with Crippen molar-refractivity contribution >= 4 is 35.0 Å². The Morgan fingerprint density at radius 3 is 2.20 bits per heavy atom. The third-order valence-electron chi connectivity index (χ3n) is 4.04. The van der Waals surface area contributed by atoms with E-state index in [0.29, 0.717) is 60.9 Å². The molecular weight excluding hydrogens is 433 g/mol. The quantitative estimate of drug-likeness (QED) is 0.436. The predicted molar refractivity (Wildman–Crippen MR) is 117 cm³/mol. The van der Waals surface area contributed by atoms with Crippen LogP contribution in [-0.4, -0.2) is 74.6 Å². The Bertz CT molecular complexity index is 800. The predicted octanol–water partition coefficient (Wildman–Crippen LogP) is 2.92. The largest absolute Gasteiger partial charge is 0.382 e. The molecule has 1 aromatic carbocycles. The number of halogens is 2. The lowest BCUT2D eigenvalue weighted by atomic mass is 10.1. The minimum Gasteiger partial charge on any atom is -0.382 e. The Morgan fingerprint density at radius 1 is 1.00 bits per heavy atom. The molecule has 0 aliphatic heterocycles. The molecule has 0 aliphatic carbocycles. The van der Waals surface area contributed by atoms with Crippen LogP contribution in [-0.2, 0) is 18.9 Å². The van der Waals surface area contributed by atoms with Crippen molar-refractivity contribution in [1.29, 1.82) is 0 Å². The molecule has 2 aromatic rings. The number of rotatable bonds is 13. The number of nitrogens with one attached hydrogen (secondary N) is 1. The first-order chi connectivity index (χ1) is 14.4. The topological polar surface area (TPSA) is 114 Å². The third-order valence-corrected chi connectivity index (χ3v) is 4.86. The van der Waals surface area contributed by atoms with Gasteiger partial charge in [-0.05, 0) is 13.0 Å². The molecule has 3 N–H and O–H groups in total. The van der Waals surface area contributed by atoms with E-state index in [1.807, 2.05) is 6.92 Å². The maximum atomic E-state index is 6.26. The van der Waals surface area contributed by atoms with Crippen molar-refractivity contribution in [2.45, 2.75) is 12.5 Å². The van der Waals surface area contributed by atoms with Gasteiger partial charge in [0.1, 0.15) is 5.69 Å². The first-order valence-corrected chi connectivity index (χ1v) is 10.0. The Labute approximate surface area is 186 Å². The molecule has 2 rings (SSSR count). The van der Waals surface area contributed by atoms with Gasteiger partial charge in [0, 0.05) is 19.8 Å². The van der Waals surface area contributed by atoms with Gasteiger partial charge in [0.2, 0.25) is 5.95 Å². The highest BCUT2D eigenvalue weighted by molar-refractivity contribution is 6.43. The van der Waals surface area contributed by atoms with Gasteiger partial charge in [0.05, 0.1) is 55.2 Å². The van der Waals surface area contributed by atoms with Gasteiger partial charge in [0.25, 0.3) is 0 Å². The maximum Gasteiger partial charge on any atom is 0.245 e. The average molecular weight is 460 g/mol. The Kier molecular flexibility index (Phi) is 9.96. The number of nitrogens with two attached hydrogens (primary N) is 1. The summed E-state index contributed by atoms with van der Waals surface area (Å²) in [6, 6.07) is 5.18. The summed E-state index contributed by atoms with van der Waals surface area (Å²) in [5, 5.41) is 12.3. The summed E-state index contributed by atoms with van der Waals surface area (Å²) >= 11 is 12.3. The molecule has 0 saturated carbocycles. The van der Waals surface area contributed by atoms with Crippen LogP contribution < -0.4 is 11.1 Å². The fourth-order valence-corrected chi connectivity index (χ4v) is 2.92. The highest BCUT2D eigenvalue weighted by Gasteiger charge is 2.27. The molecule has 0 atom stereocenters. The molecule has 0 amide bonds. The van der Waals surface area contributed by atoms with E-state index in [9.17, 15) is 0 Å². The first kappa shape index (κ1) is 24.5. The van der Waals surface area contributed by atoms with Crippen LogP contribution in [0.15, 0.2) is 18.2 Å². The summed E-state index contributed by atoms with van der Waals surface area (Å²) in [5.41, 5.74) is 6.39. The van der Waals surface area contributed by atoms with E-state index in [0.717, 1.165) is 0 Å². The number of aromatic nitrogens is 3. The van der Waals surface area contributed by atoms with Crippen LogP contribution in [0.25, 0.3) is 11.3 Å². The van der Waals surface area contributed by atoms with Crippen LogP contribution in [0.3, 0.4) is 0 Å². The molecule has 0 aliphatic rings. The van der Waals surface area contributed by atoms with Crippen molar-refractivity contribution < 1.29 is 18.9 Å². The summed E-state index contributed by atoms with van der Waals surface area (Å²) in [4.78, 5) is 4.32. The first-order valence-electron chi connectivity index (χ1n) is 9.26. The van der Waals surface area contributed by atoms with Crippen LogP contribution in [0, 0.1) is 0 Å². The number of nitrogen functional groups attached to an aromatic ring is 1. The molecule has 0 fully saturated rings.